The first-order chi connectivity index (χ1) is 16.3. The summed E-state index contributed by atoms with van der Waals surface area (Å²) in [5, 5.41) is 2.81. The zero-order valence-corrected chi connectivity index (χ0v) is 19.8. The summed E-state index contributed by atoms with van der Waals surface area (Å²) in [6, 6.07) is 8.98. The number of aryl methyl sites for hydroxylation is 3. The van der Waals surface area contributed by atoms with E-state index < -0.39 is 23.7 Å². The molecule has 0 aliphatic carbocycles. The molecule has 1 N–H and O–H groups in total. The van der Waals surface area contributed by atoms with Crippen molar-refractivity contribution in [1.82, 2.24) is 19.0 Å². The number of hydrogen-bond donors (Lipinski definition) is 1. The minimum atomic E-state index is -0.691. The van der Waals surface area contributed by atoms with Crippen molar-refractivity contribution in [1.29, 1.82) is 0 Å². The third-order valence-corrected chi connectivity index (χ3v) is 6.22. The Morgan fingerprint density at radius 2 is 1.82 bits per heavy atom. The molecule has 1 aromatic carbocycles. The van der Waals surface area contributed by atoms with Crippen molar-refractivity contribution >= 4 is 28.5 Å². The molecule has 1 fully saturated rings. The molecule has 2 aromatic heterocycles. The quantitative estimate of drug-likeness (QED) is 0.625. The number of carbonyl (C=O) groups is 2. The van der Waals surface area contributed by atoms with Crippen molar-refractivity contribution in [2.45, 2.75) is 46.1 Å². The van der Waals surface area contributed by atoms with Crippen molar-refractivity contribution in [3.8, 4) is 0 Å². The highest BCUT2D eigenvalue weighted by atomic mass is 16.2. The van der Waals surface area contributed by atoms with Gasteiger partial charge in [-0.25, -0.2) is 9.78 Å². The highest BCUT2D eigenvalue weighted by molar-refractivity contribution is 6.05. The van der Waals surface area contributed by atoms with Crippen molar-refractivity contribution in [3.63, 3.8) is 0 Å². The molecule has 3 heterocycles. The minimum Gasteiger partial charge on any atom is -0.339 e. The zero-order chi connectivity index (χ0) is 24.4. The number of likely N-dealkylation sites (tertiary alicyclic amines) is 1. The molecule has 1 saturated heterocycles. The summed E-state index contributed by atoms with van der Waals surface area (Å²) >= 11 is 0. The molecular weight excluding hydrogens is 434 g/mol. The highest BCUT2D eigenvalue weighted by Gasteiger charge is 2.25. The summed E-state index contributed by atoms with van der Waals surface area (Å²) in [5.41, 5.74) is 1.19. The van der Waals surface area contributed by atoms with E-state index in [1.165, 1.54) is 11.6 Å². The van der Waals surface area contributed by atoms with Crippen LogP contribution >= 0.6 is 0 Å². The third-order valence-electron chi connectivity index (χ3n) is 6.22. The third kappa shape index (κ3) is 4.50. The Balaban J connectivity index is 1.76. The number of rotatable bonds is 5. The molecule has 0 radical (unpaired) electrons. The molecule has 9 nitrogen and oxygen atoms in total. The van der Waals surface area contributed by atoms with Crippen LogP contribution in [0.2, 0.25) is 0 Å². The van der Waals surface area contributed by atoms with Crippen LogP contribution in [0.5, 0.6) is 0 Å². The number of fused-ring (bicyclic) bond motifs is 1. The Hall–Kier alpha value is -3.75. The summed E-state index contributed by atoms with van der Waals surface area (Å²) in [7, 11) is 1.49. The van der Waals surface area contributed by atoms with Gasteiger partial charge in [0.2, 0.25) is 5.91 Å². The van der Waals surface area contributed by atoms with Crippen LogP contribution in [0.3, 0.4) is 0 Å². The second-order valence-electron chi connectivity index (χ2n) is 8.70. The van der Waals surface area contributed by atoms with E-state index in [0.29, 0.717) is 24.5 Å². The van der Waals surface area contributed by atoms with E-state index in [-0.39, 0.29) is 22.5 Å². The molecule has 1 aliphatic rings. The van der Waals surface area contributed by atoms with E-state index in [9.17, 15) is 19.2 Å². The van der Waals surface area contributed by atoms with Gasteiger partial charge in [-0.15, -0.1) is 0 Å². The fourth-order valence-electron chi connectivity index (χ4n) is 4.39. The van der Waals surface area contributed by atoms with Crippen LogP contribution in [0.15, 0.2) is 39.9 Å². The first-order valence-corrected chi connectivity index (χ1v) is 11.6. The summed E-state index contributed by atoms with van der Waals surface area (Å²) in [5.74, 6) is -0.755. The van der Waals surface area contributed by atoms with Crippen LogP contribution in [0, 0.1) is 6.92 Å². The average molecular weight is 464 g/mol. The van der Waals surface area contributed by atoms with Crippen molar-refractivity contribution in [3.05, 3.63) is 68.0 Å². The van der Waals surface area contributed by atoms with Crippen LogP contribution in [-0.2, 0) is 24.8 Å². The Morgan fingerprint density at radius 3 is 2.53 bits per heavy atom. The molecule has 3 aromatic rings. The van der Waals surface area contributed by atoms with Gasteiger partial charge in [0.15, 0.2) is 0 Å². The van der Waals surface area contributed by atoms with E-state index in [2.05, 4.69) is 10.3 Å². The van der Waals surface area contributed by atoms with Gasteiger partial charge < -0.3 is 10.2 Å². The maximum atomic E-state index is 13.5. The number of piperidine rings is 1. The molecule has 0 spiro atoms. The van der Waals surface area contributed by atoms with Gasteiger partial charge in [0, 0.05) is 31.5 Å². The molecule has 9 heteroatoms. The Labute approximate surface area is 197 Å². The first kappa shape index (κ1) is 23.4. The maximum absolute atomic E-state index is 13.5. The number of aromatic nitrogens is 3. The van der Waals surface area contributed by atoms with Crippen molar-refractivity contribution in [2.24, 2.45) is 7.05 Å². The van der Waals surface area contributed by atoms with E-state index >= 15 is 0 Å². The molecule has 178 valence electrons. The number of carbonyl (C=O) groups excluding carboxylic acids is 2. The molecule has 4 rings (SSSR count). The van der Waals surface area contributed by atoms with Crippen LogP contribution in [0.1, 0.15) is 47.8 Å². The van der Waals surface area contributed by atoms with E-state index in [0.717, 1.165) is 35.8 Å². The summed E-state index contributed by atoms with van der Waals surface area (Å²) < 4.78 is 2.09. The highest BCUT2D eigenvalue weighted by Crippen LogP contribution is 2.19. The van der Waals surface area contributed by atoms with Crippen LogP contribution in [-0.4, -0.2) is 43.9 Å². The second-order valence-corrected chi connectivity index (χ2v) is 8.70. The normalized spacial score (nSPS) is 13.8. The SMILES string of the molecule is CCc1cccc(NC(=O)Cn2c(=O)c3c(C(=O)N4CCCCC4)cc(C)nc3n(C)c2=O)c1. The molecule has 0 bridgehead atoms. The monoisotopic (exact) mass is 463 g/mol. The topological polar surface area (TPSA) is 106 Å². The van der Waals surface area contributed by atoms with Crippen molar-refractivity contribution in [2.75, 3.05) is 18.4 Å². The predicted molar refractivity (Wildman–Crippen MR) is 130 cm³/mol. The molecule has 0 unspecified atom stereocenters. The van der Waals surface area contributed by atoms with Gasteiger partial charge >= 0.3 is 5.69 Å². The largest absolute Gasteiger partial charge is 0.339 e. The van der Waals surface area contributed by atoms with Gasteiger partial charge in [-0.2, -0.15) is 0 Å². The lowest BCUT2D eigenvalue weighted by Crippen LogP contribution is -2.43. The molecule has 34 heavy (non-hydrogen) atoms. The Bertz CT molecular complexity index is 1380. The van der Waals surface area contributed by atoms with Gasteiger partial charge in [0.05, 0.1) is 10.9 Å². The molecule has 0 saturated carbocycles. The minimum absolute atomic E-state index is 0.0593. The summed E-state index contributed by atoms with van der Waals surface area (Å²) in [4.78, 5) is 58.6. The smallest absolute Gasteiger partial charge is 0.332 e. The first-order valence-electron chi connectivity index (χ1n) is 11.6. The number of pyridine rings is 1. The molecular formula is C25H29N5O4. The van der Waals surface area contributed by atoms with Crippen molar-refractivity contribution < 1.29 is 9.59 Å². The van der Waals surface area contributed by atoms with Gasteiger partial charge in [-0.1, -0.05) is 19.1 Å². The summed E-state index contributed by atoms with van der Waals surface area (Å²) in [6.07, 6.45) is 3.71. The summed E-state index contributed by atoms with van der Waals surface area (Å²) in [6.45, 7) is 4.52. The zero-order valence-electron chi connectivity index (χ0n) is 19.8. The van der Waals surface area contributed by atoms with Crippen LogP contribution in [0.4, 0.5) is 5.69 Å². The van der Waals surface area contributed by atoms with E-state index in [4.69, 9.17) is 0 Å². The maximum Gasteiger partial charge on any atom is 0.332 e. The fraction of sp³-hybridized carbons (Fsp3) is 0.400. The molecule has 0 atom stereocenters. The number of benzene rings is 1. The molecule has 1 aliphatic heterocycles. The number of amides is 2. The van der Waals surface area contributed by atoms with Crippen LogP contribution < -0.4 is 16.6 Å². The standard InChI is InChI=1S/C25H29N5O4/c1-4-17-9-8-10-18(14-17)27-20(31)15-30-24(33)21-19(23(32)29-11-6-5-7-12-29)13-16(2)26-22(21)28(3)25(30)34/h8-10,13-14H,4-7,11-12,15H2,1-3H3,(H,27,31). The van der Waals surface area contributed by atoms with Gasteiger partial charge in [-0.05, 0) is 56.4 Å². The lowest BCUT2D eigenvalue weighted by Gasteiger charge is -2.27. The fourth-order valence-corrected chi connectivity index (χ4v) is 4.39. The Morgan fingerprint density at radius 1 is 1.09 bits per heavy atom. The van der Waals surface area contributed by atoms with E-state index in [1.807, 2.05) is 25.1 Å². The van der Waals surface area contributed by atoms with E-state index in [1.54, 1.807) is 24.0 Å². The number of nitrogens with one attached hydrogen (secondary N) is 1. The lowest BCUT2D eigenvalue weighted by atomic mass is 10.1. The van der Waals surface area contributed by atoms with Gasteiger partial charge in [0.1, 0.15) is 12.2 Å². The Kier molecular flexibility index (Phi) is 6.63. The van der Waals surface area contributed by atoms with Gasteiger partial charge in [-0.3, -0.25) is 23.5 Å². The van der Waals surface area contributed by atoms with Gasteiger partial charge in [0.25, 0.3) is 11.5 Å². The number of nitrogens with zero attached hydrogens (tertiary/aromatic N) is 4. The van der Waals surface area contributed by atoms with Crippen LogP contribution in [0.25, 0.3) is 11.0 Å². The number of anilines is 1. The predicted octanol–water partition coefficient (Wildman–Crippen LogP) is 2.23. The lowest BCUT2D eigenvalue weighted by molar-refractivity contribution is -0.116. The molecule has 2 amide bonds. The second kappa shape index (κ2) is 9.62. The number of hydrogen-bond acceptors (Lipinski definition) is 5. The average Bonchev–Trinajstić information content (AvgIpc) is 2.85.